The Bertz CT molecular complexity index is 323. The Kier molecular flexibility index (Phi) is 3.42. The van der Waals surface area contributed by atoms with Crippen LogP contribution in [0.1, 0.15) is 17.9 Å². The minimum absolute atomic E-state index is 0. The van der Waals surface area contributed by atoms with Crippen molar-refractivity contribution >= 4 is 12.4 Å². The highest BCUT2D eigenvalue weighted by Crippen LogP contribution is 2.36. The highest BCUT2D eigenvalue weighted by Gasteiger charge is 2.39. The van der Waals surface area contributed by atoms with Gasteiger partial charge in [0.25, 0.3) is 0 Å². The lowest BCUT2D eigenvalue weighted by Crippen LogP contribution is -2.50. The summed E-state index contributed by atoms with van der Waals surface area (Å²) in [5.41, 5.74) is 5.98. The molecule has 0 spiro atoms. The van der Waals surface area contributed by atoms with Crippen molar-refractivity contribution < 1.29 is 9.50 Å². The average molecular weight is 219 g/mol. The highest BCUT2D eigenvalue weighted by atomic mass is 35.5. The fraction of sp³-hybridized carbons (Fsp3) is 0.444. The van der Waals surface area contributed by atoms with Gasteiger partial charge in [0, 0.05) is 23.7 Å². The van der Waals surface area contributed by atoms with Crippen LogP contribution in [0.15, 0.2) is 18.3 Å². The quantitative estimate of drug-likeness (QED) is 0.687. The summed E-state index contributed by atoms with van der Waals surface area (Å²) in [5, 5.41) is 9.43. The minimum Gasteiger partial charge on any atom is -0.391 e. The molecule has 1 fully saturated rings. The van der Waals surface area contributed by atoms with E-state index in [1.54, 1.807) is 12.1 Å². The van der Waals surface area contributed by atoms with Gasteiger partial charge in [0.2, 0.25) is 5.95 Å². The molecule has 0 aliphatic heterocycles. The summed E-state index contributed by atoms with van der Waals surface area (Å²) >= 11 is 0. The Morgan fingerprint density at radius 1 is 1.57 bits per heavy atom. The summed E-state index contributed by atoms with van der Waals surface area (Å²) in [6, 6.07) is 3.08. The van der Waals surface area contributed by atoms with Crippen molar-refractivity contribution in [1.29, 1.82) is 0 Å². The Hall–Kier alpha value is -0.710. The molecule has 5 heteroatoms. The van der Waals surface area contributed by atoms with E-state index in [1.165, 1.54) is 6.20 Å². The molecule has 1 aliphatic carbocycles. The van der Waals surface area contributed by atoms with Gasteiger partial charge in [-0.1, -0.05) is 6.07 Å². The largest absolute Gasteiger partial charge is 0.391 e. The second-order valence-corrected chi connectivity index (χ2v) is 3.38. The molecule has 14 heavy (non-hydrogen) atoms. The Morgan fingerprint density at radius 2 is 2.29 bits per heavy atom. The molecular formula is C9H12ClFN2O. The lowest BCUT2D eigenvalue weighted by molar-refractivity contribution is 0.0395. The first-order valence-corrected chi connectivity index (χ1v) is 4.24. The molecule has 0 aromatic carbocycles. The number of pyridine rings is 1. The van der Waals surface area contributed by atoms with Crippen LogP contribution in [0.3, 0.4) is 0 Å². The maximum Gasteiger partial charge on any atom is 0.216 e. The first-order chi connectivity index (χ1) is 6.20. The number of aliphatic hydroxyl groups is 1. The van der Waals surface area contributed by atoms with Crippen LogP contribution < -0.4 is 5.73 Å². The lowest BCUT2D eigenvalue weighted by Gasteiger charge is -2.38. The van der Waals surface area contributed by atoms with Crippen molar-refractivity contribution in [2.45, 2.75) is 24.5 Å². The van der Waals surface area contributed by atoms with Gasteiger partial charge in [-0.25, -0.2) is 4.98 Å². The maximum atomic E-state index is 13.1. The zero-order valence-electron chi connectivity index (χ0n) is 7.43. The number of halogens is 2. The summed E-state index contributed by atoms with van der Waals surface area (Å²) in [6.07, 6.45) is 1.40. The van der Waals surface area contributed by atoms with Gasteiger partial charge in [-0.2, -0.15) is 4.39 Å². The maximum absolute atomic E-state index is 13.1. The van der Waals surface area contributed by atoms with Crippen molar-refractivity contribution in [3.8, 4) is 0 Å². The molecule has 1 saturated carbocycles. The van der Waals surface area contributed by atoms with Gasteiger partial charge in [0.15, 0.2) is 0 Å². The fourth-order valence-corrected chi connectivity index (χ4v) is 1.66. The Labute approximate surface area is 87.6 Å². The van der Waals surface area contributed by atoms with Gasteiger partial charge in [-0.15, -0.1) is 12.4 Å². The number of rotatable bonds is 1. The SMILES string of the molecule is Cl.NC1CC(c2cccnc2F)C1O. The minimum atomic E-state index is -0.626. The number of aromatic nitrogens is 1. The first kappa shape index (κ1) is 11.4. The van der Waals surface area contributed by atoms with E-state index in [-0.39, 0.29) is 24.4 Å². The van der Waals surface area contributed by atoms with Crippen LogP contribution >= 0.6 is 12.4 Å². The zero-order chi connectivity index (χ0) is 9.42. The Balaban J connectivity index is 0.000000980. The standard InChI is InChI=1S/C9H11FN2O.ClH/c10-9-5(2-1-3-12-9)6-4-7(11)8(6)13;/h1-3,6-8,13H,4,11H2;1H. The number of hydrogen-bond donors (Lipinski definition) is 2. The normalized spacial score (nSPS) is 30.4. The molecule has 1 aliphatic rings. The molecule has 3 N–H and O–H groups in total. The molecule has 78 valence electrons. The van der Waals surface area contributed by atoms with E-state index in [0.29, 0.717) is 12.0 Å². The van der Waals surface area contributed by atoms with Gasteiger partial charge in [0.1, 0.15) is 0 Å². The molecule has 1 aromatic heterocycles. The van der Waals surface area contributed by atoms with Gasteiger partial charge < -0.3 is 10.8 Å². The van der Waals surface area contributed by atoms with E-state index in [9.17, 15) is 9.50 Å². The van der Waals surface area contributed by atoms with Crippen molar-refractivity contribution in [3.63, 3.8) is 0 Å². The van der Waals surface area contributed by atoms with Crippen LogP contribution in [0.25, 0.3) is 0 Å². The van der Waals surface area contributed by atoms with Crippen LogP contribution in [-0.4, -0.2) is 22.2 Å². The summed E-state index contributed by atoms with van der Waals surface area (Å²) in [7, 11) is 0. The van der Waals surface area contributed by atoms with Gasteiger partial charge in [-0.3, -0.25) is 0 Å². The van der Waals surface area contributed by atoms with Crippen LogP contribution in [0.4, 0.5) is 4.39 Å². The molecule has 3 nitrogen and oxygen atoms in total. The molecule has 3 atom stereocenters. The third kappa shape index (κ3) is 1.73. The summed E-state index contributed by atoms with van der Waals surface area (Å²) in [4.78, 5) is 3.52. The number of nitrogens with zero attached hydrogens (tertiary/aromatic N) is 1. The van der Waals surface area contributed by atoms with Crippen LogP contribution in [0, 0.1) is 5.95 Å². The van der Waals surface area contributed by atoms with Crippen molar-refractivity contribution in [1.82, 2.24) is 4.98 Å². The monoisotopic (exact) mass is 218 g/mol. The summed E-state index contributed by atoms with van der Waals surface area (Å²) < 4.78 is 13.1. The van der Waals surface area contributed by atoms with Crippen molar-refractivity contribution in [3.05, 3.63) is 29.8 Å². The van der Waals surface area contributed by atoms with E-state index in [2.05, 4.69) is 4.98 Å². The van der Waals surface area contributed by atoms with Gasteiger partial charge in [-0.05, 0) is 12.5 Å². The number of aliphatic hydroxyl groups excluding tert-OH is 1. The van der Waals surface area contributed by atoms with E-state index >= 15 is 0 Å². The predicted molar refractivity (Wildman–Crippen MR) is 52.8 cm³/mol. The van der Waals surface area contributed by atoms with Gasteiger partial charge in [0.05, 0.1) is 6.10 Å². The molecule has 0 saturated heterocycles. The van der Waals surface area contributed by atoms with Crippen molar-refractivity contribution in [2.75, 3.05) is 0 Å². The lowest BCUT2D eigenvalue weighted by atomic mass is 9.74. The molecule has 0 bridgehead atoms. The molecule has 0 amide bonds. The number of hydrogen-bond acceptors (Lipinski definition) is 3. The first-order valence-electron chi connectivity index (χ1n) is 4.24. The van der Waals surface area contributed by atoms with E-state index in [0.717, 1.165) is 0 Å². The molecular weight excluding hydrogens is 207 g/mol. The third-order valence-electron chi connectivity index (χ3n) is 2.56. The third-order valence-corrected chi connectivity index (χ3v) is 2.56. The molecule has 0 radical (unpaired) electrons. The Morgan fingerprint density at radius 3 is 2.79 bits per heavy atom. The molecule has 1 aromatic rings. The van der Waals surface area contributed by atoms with E-state index in [4.69, 9.17) is 5.73 Å². The fourth-order valence-electron chi connectivity index (χ4n) is 1.66. The van der Waals surface area contributed by atoms with E-state index in [1.807, 2.05) is 0 Å². The molecule has 3 unspecified atom stereocenters. The molecule has 1 heterocycles. The van der Waals surface area contributed by atoms with Crippen molar-refractivity contribution in [2.24, 2.45) is 5.73 Å². The van der Waals surface area contributed by atoms with Crippen LogP contribution in [0.5, 0.6) is 0 Å². The van der Waals surface area contributed by atoms with Crippen LogP contribution in [-0.2, 0) is 0 Å². The van der Waals surface area contributed by atoms with E-state index < -0.39 is 12.1 Å². The second kappa shape index (κ2) is 4.21. The highest BCUT2D eigenvalue weighted by molar-refractivity contribution is 5.85. The summed E-state index contributed by atoms with van der Waals surface area (Å²) in [6.45, 7) is 0. The average Bonchev–Trinajstić information content (AvgIpc) is 2.15. The predicted octanol–water partition coefficient (Wildman–Crippen LogP) is 0.818. The topological polar surface area (TPSA) is 59.1 Å². The van der Waals surface area contributed by atoms with Crippen LogP contribution in [0.2, 0.25) is 0 Å². The summed E-state index contributed by atoms with van der Waals surface area (Å²) in [5.74, 6) is -0.679. The second-order valence-electron chi connectivity index (χ2n) is 3.38. The molecule has 2 rings (SSSR count). The smallest absolute Gasteiger partial charge is 0.216 e. The number of nitrogens with two attached hydrogens (primary N) is 1. The zero-order valence-corrected chi connectivity index (χ0v) is 8.25. The van der Waals surface area contributed by atoms with Gasteiger partial charge >= 0.3 is 0 Å².